The summed E-state index contributed by atoms with van der Waals surface area (Å²) in [5, 5.41) is 10.2. The Morgan fingerprint density at radius 2 is 2.27 bits per heavy atom. The molecule has 11 heavy (non-hydrogen) atoms. The van der Waals surface area contributed by atoms with Crippen LogP contribution in [0.4, 0.5) is 0 Å². The molecule has 0 amide bonds. The molecule has 1 aliphatic carbocycles. The van der Waals surface area contributed by atoms with Gasteiger partial charge in [0.25, 0.3) is 0 Å². The molecule has 0 N–H and O–H groups in total. The normalized spacial score (nSPS) is 23.2. The van der Waals surface area contributed by atoms with Gasteiger partial charge in [-0.2, -0.15) is 0 Å². The lowest BCUT2D eigenvalue weighted by molar-refractivity contribution is -0.419. The summed E-state index contributed by atoms with van der Waals surface area (Å²) in [6.07, 6.45) is 4.39. The topological polar surface area (TPSA) is 60.2 Å². The van der Waals surface area contributed by atoms with Gasteiger partial charge in [0.15, 0.2) is 0 Å². The van der Waals surface area contributed by atoms with E-state index in [1.54, 1.807) is 13.0 Å². The Balaban J connectivity index is 2.96. The molecular weight excluding hydrogens is 146 g/mol. The molecule has 0 heterocycles. The zero-order chi connectivity index (χ0) is 8.43. The summed E-state index contributed by atoms with van der Waals surface area (Å²) in [6.45, 7) is 1.63. The van der Waals surface area contributed by atoms with Crippen LogP contribution in [0.2, 0.25) is 0 Å². The first-order valence-electron chi connectivity index (χ1n) is 3.20. The summed E-state index contributed by atoms with van der Waals surface area (Å²) >= 11 is 0. The fraction of sp³-hybridized carbons (Fsp3) is 0.286. The molecule has 1 rings (SSSR count). The third-order valence-electron chi connectivity index (χ3n) is 1.52. The lowest BCUT2D eigenvalue weighted by Crippen LogP contribution is -2.19. The minimum Gasteiger partial charge on any atom is -0.287 e. The quantitative estimate of drug-likeness (QED) is 0.415. The highest BCUT2D eigenvalue weighted by molar-refractivity contribution is 5.97. The minimum absolute atomic E-state index is 0.319. The largest absolute Gasteiger partial charge is 0.312 e. The molecule has 0 spiro atoms. The van der Waals surface area contributed by atoms with Crippen molar-refractivity contribution >= 4 is 5.78 Å². The van der Waals surface area contributed by atoms with E-state index < -0.39 is 10.7 Å². The van der Waals surface area contributed by atoms with Crippen LogP contribution >= 0.6 is 0 Å². The van der Waals surface area contributed by atoms with Gasteiger partial charge in [0.05, 0.1) is 4.92 Å². The molecule has 0 fully saturated rings. The zero-order valence-corrected chi connectivity index (χ0v) is 5.98. The molecule has 1 aliphatic rings. The van der Waals surface area contributed by atoms with Crippen LogP contribution in [0, 0.1) is 16.0 Å². The van der Waals surface area contributed by atoms with E-state index in [1.165, 1.54) is 12.2 Å². The molecule has 0 saturated carbocycles. The fourth-order valence-electron chi connectivity index (χ4n) is 0.867. The van der Waals surface area contributed by atoms with Gasteiger partial charge in [-0.1, -0.05) is 19.1 Å². The van der Waals surface area contributed by atoms with Crippen LogP contribution in [0.25, 0.3) is 0 Å². The van der Waals surface area contributed by atoms with Crippen LogP contribution in [0.3, 0.4) is 0 Å². The fourth-order valence-corrected chi connectivity index (χ4v) is 0.867. The van der Waals surface area contributed by atoms with Gasteiger partial charge in [-0.25, -0.2) is 0 Å². The highest BCUT2D eigenvalue weighted by Crippen LogP contribution is 2.13. The summed E-state index contributed by atoms with van der Waals surface area (Å²) < 4.78 is 0. The molecule has 0 aromatic carbocycles. The van der Waals surface area contributed by atoms with Gasteiger partial charge in [-0.15, -0.1) is 0 Å². The average Bonchev–Trinajstić information content (AvgIpc) is 1.94. The van der Waals surface area contributed by atoms with Crippen molar-refractivity contribution < 1.29 is 9.72 Å². The molecule has 4 nitrogen and oxygen atoms in total. The van der Waals surface area contributed by atoms with Crippen molar-refractivity contribution in [1.29, 1.82) is 0 Å². The Morgan fingerprint density at radius 3 is 2.73 bits per heavy atom. The number of carbonyl (C=O) groups excluding carboxylic acids is 1. The third kappa shape index (κ3) is 1.34. The molecule has 58 valence electrons. The van der Waals surface area contributed by atoms with Gasteiger partial charge >= 0.3 is 5.70 Å². The number of rotatable bonds is 1. The van der Waals surface area contributed by atoms with Crippen LogP contribution in [0.5, 0.6) is 0 Å². The summed E-state index contributed by atoms with van der Waals surface area (Å²) in [6, 6.07) is 0. The van der Waals surface area contributed by atoms with Gasteiger partial charge in [-0.05, 0) is 0 Å². The Kier molecular flexibility index (Phi) is 1.85. The van der Waals surface area contributed by atoms with Crippen molar-refractivity contribution in [3.05, 3.63) is 34.0 Å². The van der Waals surface area contributed by atoms with Crippen molar-refractivity contribution in [3.63, 3.8) is 0 Å². The van der Waals surface area contributed by atoms with Crippen molar-refractivity contribution in [1.82, 2.24) is 0 Å². The van der Waals surface area contributed by atoms with E-state index in [1.807, 2.05) is 0 Å². The number of Topliss-reactive ketones (excluding diaryl/α,β-unsaturated/α-hetero) is 1. The van der Waals surface area contributed by atoms with Crippen molar-refractivity contribution in [2.24, 2.45) is 5.92 Å². The predicted octanol–water partition coefficient (Wildman–Crippen LogP) is 0.922. The van der Waals surface area contributed by atoms with Gasteiger partial charge in [0.1, 0.15) is 0 Å². The van der Waals surface area contributed by atoms with Crippen molar-refractivity contribution in [2.45, 2.75) is 6.92 Å². The average molecular weight is 153 g/mol. The maximum Gasteiger partial charge on any atom is 0.312 e. The molecule has 4 heteroatoms. The monoisotopic (exact) mass is 153 g/mol. The van der Waals surface area contributed by atoms with E-state index in [0.29, 0.717) is 0 Å². The Hall–Kier alpha value is -1.45. The minimum atomic E-state index is -0.650. The van der Waals surface area contributed by atoms with Gasteiger partial charge in [0.2, 0.25) is 5.78 Å². The number of hydrogen-bond donors (Lipinski definition) is 0. The first-order valence-corrected chi connectivity index (χ1v) is 3.20. The maximum atomic E-state index is 11.0. The lowest BCUT2D eigenvalue weighted by Gasteiger charge is -2.05. The van der Waals surface area contributed by atoms with E-state index in [-0.39, 0.29) is 11.6 Å². The second-order valence-electron chi connectivity index (χ2n) is 2.35. The number of hydrogen-bond acceptors (Lipinski definition) is 3. The summed E-state index contributed by atoms with van der Waals surface area (Å²) in [5.41, 5.74) is -0.319. The number of nitrogens with zero attached hydrogens (tertiary/aromatic N) is 1. The van der Waals surface area contributed by atoms with E-state index in [9.17, 15) is 14.9 Å². The second kappa shape index (κ2) is 2.65. The number of allylic oxidation sites excluding steroid dienone is 4. The molecule has 0 saturated heterocycles. The van der Waals surface area contributed by atoms with E-state index >= 15 is 0 Å². The van der Waals surface area contributed by atoms with Crippen molar-refractivity contribution in [3.8, 4) is 0 Å². The highest BCUT2D eigenvalue weighted by atomic mass is 16.6. The third-order valence-corrected chi connectivity index (χ3v) is 1.52. The molecule has 0 aromatic heterocycles. The second-order valence-corrected chi connectivity index (χ2v) is 2.35. The number of nitro groups is 1. The van der Waals surface area contributed by atoms with E-state index in [0.717, 1.165) is 0 Å². The van der Waals surface area contributed by atoms with E-state index in [4.69, 9.17) is 0 Å². The van der Waals surface area contributed by atoms with Gasteiger partial charge in [0, 0.05) is 12.0 Å². The number of ketones is 1. The maximum absolute atomic E-state index is 11.0. The Bertz CT molecular complexity index is 265. The molecule has 0 bridgehead atoms. The van der Waals surface area contributed by atoms with Crippen LogP contribution in [0.1, 0.15) is 6.92 Å². The molecule has 0 aromatic rings. The molecule has 1 unspecified atom stereocenters. The zero-order valence-electron chi connectivity index (χ0n) is 5.98. The molecule has 1 atom stereocenters. The first-order chi connectivity index (χ1) is 5.13. The van der Waals surface area contributed by atoms with E-state index in [2.05, 4.69) is 0 Å². The SMILES string of the molecule is CC1C=CC=C([N+](=O)[O-])C1=O. The molecule has 0 radical (unpaired) electrons. The predicted molar refractivity (Wildman–Crippen MR) is 38.4 cm³/mol. The highest BCUT2D eigenvalue weighted by Gasteiger charge is 2.26. The smallest absolute Gasteiger partial charge is 0.287 e. The summed E-state index contributed by atoms with van der Waals surface area (Å²) in [5.74, 6) is -0.780. The molecular formula is C7H7NO3. The van der Waals surface area contributed by atoms with Gasteiger partial charge < -0.3 is 0 Å². The van der Waals surface area contributed by atoms with Crippen LogP contribution < -0.4 is 0 Å². The Morgan fingerprint density at radius 1 is 1.64 bits per heavy atom. The van der Waals surface area contributed by atoms with Crippen molar-refractivity contribution in [2.75, 3.05) is 0 Å². The van der Waals surface area contributed by atoms with Crippen LogP contribution in [0.15, 0.2) is 23.9 Å². The number of carbonyl (C=O) groups is 1. The first kappa shape index (κ1) is 7.65. The molecule has 0 aliphatic heterocycles. The van der Waals surface area contributed by atoms with Gasteiger partial charge in [-0.3, -0.25) is 14.9 Å². The summed E-state index contributed by atoms with van der Waals surface area (Å²) in [7, 11) is 0. The van der Waals surface area contributed by atoms with Crippen LogP contribution in [-0.4, -0.2) is 10.7 Å². The van der Waals surface area contributed by atoms with Crippen LogP contribution in [-0.2, 0) is 4.79 Å². The summed E-state index contributed by atoms with van der Waals surface area (Å²) in [4.78, 5) is 20.5. The lowest BCUT2D eigenvalue weighted by atomic mass is 9.99. The standard InChI is InChI=1S/C7H7NO3/c1-5-3-2-4-6(7(5)9)8(10)11/h2-5H,1H3. The Labute approximate surface area is 63.4 Å².